The third kappa shape index (κ3) is 4.89. The number of alkyl halides is 3. The molecular weight excluding hydrogens is 375 g/mol. The molecule has 1 aliphatic heterocycles. The van der Waals surface area contributed by atoms with Crippen LogP contribution in [0.2, 0.25) is 0 Å². The summed E-state index contributed by atoms with van der Waals surface area (Å²) in [7, 11) is 0. The highest BCUT2D eigenvalue weighted by molar-refractivity contribution is 5.87. The number of carbonyl (C=O) groups excluding carboxylic acids is 2. The lowest BCUT2D eigenvalue weighted by Crippen LogP contribution is -2.49. The molecule has 10 heteroatoms. The van der Waals surface area contributed by atoms with E-state index < -0.39 is 11.7 Å². The fourth-order valence-electron chi connectivity index (χ4n) is 3.02. The fourth-order valence-corrected chi connectivity index (χ4v) is 3.02. The van der Waals surface area contributed by atoms with Crippen LogP contribution < -0.4 is 5.32 Å². The molecule has 2 amide bonds. The average molecular weight is 395 g/mol. The Labute approximate surface area is 159 Å². The van der Waals surface area contributed by atoms with Crippen LogP contribution in [0.25, 0.3) is 0 Å². The van der Waals surface area contributed by atoms with Gasteiger partial charge in [0.2, 0.25) is 5.91 Å². The van der Waals surface area contributed by atoms with Gasteiger partial charge in [-0.25, -0.2) is 4.79 Å². The van der Waals surface area contributed by atoms with Crippen molar-refractivity contribution in [3.63, 3.8) is 0 Å². The van der Waals surface area contributed by atoms with Crippen molar-refractivity contribution in [2.24, 2.45) is 0 Å². The first-order valence-electron chi connectivity index (χ1n) is 8.73. The number of hydrogen-bond donors (Lipinski definition) is 1. The van der Waals surface area contributed by atoms with Crippen molar-refractivity contribution in [3.05, 3.63) is 47.7 Å². The molecule has 0 radical (unpaired) electrons. The molecule has 1 aromatic carbocycles. The Hall–Kier alpha value is -2.88. The highest BCUT2D eigenvalue weighted by Crippen LogP contribution is 2.29. The zero-order valence-electron chi connectivity index (χ0n) is 15.2. The van der Waals surface area contributed by atoms with Crippen LogP contribution in [0, 0.1) is 0 Å². The summed E-state index contributed by atoms with van der Waals surface area (Å²) in [4.78, 5) is 27.1. The lowest BCUT2D eigenvalue weighted by atomic mass is 10.1. The Morgan fingerprint density at radius 2 is 1.86 bits per heavy atom. The Kier molecular flexibility index (Phi) is 5.68. The number of piperazine rings is 1. The molecule has 3 rings (SSSR count). The third-order valence-corrected chi connectivity index (χ3v) is 4.39. The predicted octanol–water partition coefficient (Wildman–Crippen LogP) is 2.65. The second-order valence-corrected chi connectivity index (χ2v) is 6.57. The minimum absolute atomic E-state index is 0.277. The Morgan fingerprint density at radius 3 is 2.50 bits per heavy atom. The van der Waals surface area contributed by atoms with Crippen molar-refractivity contribution in [2.75, 3.05) is 31.5 Å². The van der Waals surface area contributed by atoms with Crippen LogP contribution in [0.3, 0.4) is 0 Å². The third-order valence-electron chi connectivity index (χ3n) is 4.39. The first-order valence-corrected chi connectivity index (χ1v) is 8.73. The van der Waals surface area contributed by atoms with E-state index in [0.29, 0.717) is 44.1 Å². The zero-order chi connectivity index (χ0) is 20.3. The van der Waals surface area contributed by atoms with E-state index in [1.807, 2.05) is 4.90 Å². The molecule has 0 atom stereocenters. The molecule has 0 unspecified atom stereocenters. The first kappa shape index (κ1) is 19.9. The molecular formula is C18H20F3N5O2. The van der Waals surface area contributed by atoms with Gasteiger partial charge in [-0.3, -0.25) is 9.69 Å². The number of rotatable bonds is 3. The summed E-state index contributed by atoms with van der Waals surface area (Å²) in [6.07, 6.45) is -2.89. The molecule has 2 aromatic rings. The van der Waals surface area contributed by atoms with Gasteiger partial charge < -0.3 is 10.2 Å². The van der Waals surface area contributed by atoms with E-state index in [4.69, 9.17) is 0 Å². The largest absolute Gasteiger partial charge is 0.416 e. The van der Waals surface area contributed by atoms with Gasteiger partial charge in [0.15, 0.2) is 5.82 Å². The van der Waals surface area contributed by atoms with Gasteiger partial charge in [0.25, 0.3) is 0 Å². The normalized spacial score (nSPS) is 15.5. The summed E-state index contributed by atoms with van der Waals surface area (Å²) in [5.41, 5.74) is -0.0749. The Balaban J connectivity index is 1.55. The summed E-state index contributed by atoms with van der Waals surface area (Å²) in [6, 6.07) is 6.51. The molecule has 1 aliphatic rings. The maximum Gasteiger partial charge on any atom is 0.416 e. The standard InChI is InChI=1S/C18H20F3N5O2/c1-13(27)22-16-5-6-26(23-16)17(28)25-9-7-24(8-10-25)12-14-3-2-4-15(11-14)18(19,20)21/h2-6,11H,7-10,12H2,1H3,(H,22,23,27). The number of benzene rings is 1. The van der Waals surface area contributed by atoms with Crippen LogP contribution in [0.15, 0.2) is 36.5 Å². The molecule has 2 heterocycles. The summed E-state index contributed by atoms with van der Waals surface area (Å²) < 4.78 is 39.7. The number of amides is 2. The van der Waals surface area contributed by atoms with E-state index in [1.54, 1.807) is 11.0 Å². The van der Waals surface area contributed by atoms with Gasteiger partial charge in [-0.15, -0.1) is 5.10 Å². The molecule has 1 fully saturated rings. The van der Waals surface area contributed by atoms with Gasteiger partial charge >= 0.3 is 12.2 Å². The minimum atomic E-state index is -4.36. The van der Waals surface area contributed by atoms with Crippen LogP contribution in [0.4, 0.5) is 23.8 Å². The number of hydrogen-bond acceptors (Lipinski definition) is 4. The molecule has 0 spiro atoms. The molecule has 28 heavy (non-hydrogen) atoms. The second kappa shape index (κ2) is 8.01. The van der Waals surface area contributed by atoms with Crippen molar-refractivity contribution in [2.45, 2.75) is 19.6 Å². The van der Waals surface area contributed by atoms with E-state index in [1.165, 1.54) is 25.3 Å². The number of nitrogens with zero attached hydrogens (tertiary/aromatic N) is 4. The lowest BCUT2D eigenvalue weighted by molar-refractivity contribution is -0.137. The quantitative estimate of drug-likeness (QED) is 0.868. The van der Waals surface area contributed by atoms with Gasteiger partial charge in [-0.05, 0) is 11.6 Å². The van der Waals surface area contributed by atoms with Crippen molar-refractivity contribution in [1.29, 1.82) is 0 Å². The molecule has 0 saturated carbocycles. The molecule has 150 valence electrons. The SMILES string of the molecule is CC(=O)Nc1ccn(C(=O)N2CCN(Cc3cccc(C(F)(F)F)c3)CC2)n1. The van der Waals surface area contributed by atoms with Crippen LogP contribution in [0.1, 0.15) is 18.1 Å². The molecule has 7 nitrogen and oxygen atoms in total. The highest BCUT2D eigenvalue weighted by atomic mass is 19.4. The molecule has 0 aliphatic carbocycles. The molecule has 1 aromatic heterocycles. The number of carbonyl (C=O) groups is 2. The van der Waals surface area contributed by atoms with E-state index in [2.05, 4.69) is 10.4 Å². The van der Waals surface area contributed by atoms with Crippen LogP contribution >= 0.6 is 0 Å². The Morgan fingerprint density at radius 1 is 1.14 bits per heavy atom. The number of aromatic nitrogens is 2. The monoisotopic (exact) mass is 395 g/mol. The predicted molar refractivity (Wildman–Crippen MR) is 95.6 cm³/mol. The van der Waals surface area contributed by atoms with Crippen LogP contribution in [-0.2, 0) is 17.5 Å². The zero-order valence-corrected chi connectivity index (χ0v) is 15.2. The van der Waals surface area contributed by atoms with Gasteiger partial charge in [0.05, 0.1) is 5.56 Å². The van der Waals surface area contributed by atoms with E-state index in [0.717, 1.165) is 16.8 Å². The van der Waals surface area contributed by atoms with Gasteiger partial charge in [-0.2, -0.15) is 17.9 Å². The van der Waals surface area contributed by atoms with Crippen molar-refractivity contribution in [1.82, 2.24) is 19.6 Å². The summed E-state index contributed by atoms with van der Waals surface area (Å²) >= 11 is 0. The lowest BCUT2D eigenvalue weighted by Gasteiger charge is -2.34. The van der Waals surface area contributed by atoms with E-state index >= 15 is 0 Å². The van der Waals surface area contributed by atoms with Crippen LogP contribution in [-0.4, -0.2) is 57.7 Å². The number of nitrogens with one attached hydrogen (secondary N) is 1. The summed E-state index contributed by atoms with van der Waals surface area (Å²) in [6.45, 7) is 3.70. The van der Waals surface area contributed by atoms with E-state index in [9.17, 15) is 22.8 Å². The maximum absolute atomic E-state index is 12.8. The maximum atomic E-state index is 12.8. The first-order chi connectivity index (χ1) is 13.2. The van der Waals surface area contributed by atoms with Gasteiger partial charge in [0, 0.05) is 51.9 Å². The topological polar surface area (TPSA) is 70.5 Å². The van der Waals surface area contributed by atoms with Crippen molar-refractivity contribution >= 4 is 17.8 Å². The molecule has 1 N–H and O–H groups in total. The van der Waals surface area contributed by atoms with E-state index in [-0.39, 0.29) is 11.9 Å². The van der Waals surface area contributed by atoms with Gasteiger partial charge in [-0.1, -0.05) is 18.2 Å². The van der Waals surface area contributed by atoms with Crippen molar-refractivity contribution in [3.8, 4) is 0 Å². The minimum Gasteiger partial charge on any atom is -0.320 e. The summed E-state index contributed by atoms with van der Waals surface area (Å²) in [5.74, 6) is 0.0185. The van der Waals surface area contributed by atoms with Crippen LogP contribution in [0.5, 0.6) is 0 Å². The van der Waals surface area contributed by atoms with Crippen molar-refractivity contribution < 1.29 is 22.8 Å². The Bertz CT molecular complexity index is 857. The molecule has 0 bridgehead atoms. The fraction of sp³-hybridized carbons (Fsp3) is 0.389. The number of anilines is 1. The highest BCUT2D eigenvalue weighted by Gasteiger charge is 2.30. The smallest absolute Gasteiger partial charge is 0.320 e. The second-order valence-electron chi connectivity index (χ2n) is 6.57. The summed E-state index contributed by atoms with van der Waals surface area (Å²) in [5, 5.41) is 6.52. The average Bonchev–Trinajstić information content (AvgIpc) is 3.09. The molecule has 1 saturated heterocycles. The van der Waals surface area contributed by atoms with Gasteiger partial charge in [0.1, 0.15) is 0 Å². The number of halogens is 3.